The smallest absolute Gasteiger partial charge is 0.417 e. The molecule has 0 aliphatic heterocycles. The lowest BCUT2D eigenvalue weighted by Gasteiger charge is -2.15. The molecule has 34 heavy (non-hydrogen) atoms. The van der Waals surface area contributed by atoms with Crippen LogP contribution in [-0.4, -0.2) is 37.5 Å². The third kappa shape index (κ3) is 3.96. The molecule has 4 aromatic rings. The van der Waals surface area contributed by atoms with E-state index >= 15 is 0 Å². The monoisotopic (exact) mass is 475 g/mol. The maximum Gasteiger partial charge on any atom is 0.417 e. The van der Waals surface area contributed by atoms with Crippen LogP contribution in [0.4, 0.5) is 18.0 Å². The maximum atomic E-state index is 12.9. The topological polar surface area (TPSA) is 126 Å². The van der Waals surface area contributed by atoms with Crippen LogP contribution in [0.5, 0.6) is 6.01 Å². The van der Waals surface area contributed by atoms with E-state index in [9.17, 15) is 28.2 Å². The number of imidazole rings is 1. The molecular weight excluding hydrogens is 457 g/mol. The van der Waals surface area contributed by atoms with Gasteiger partial charge in [0.2, 0.25) is 0 Å². The van der Waals surface area contributed by atoms with Crippen LogP contribution in [0.15, 0.2) is 35.0 Å². The summed E-state index contributed by atoms with van der Waals surface area (Å²) < 4.78 is 50.0. The number of pyridine rings is 1. The first-order chi connectivity index (χ1) is 16.0. The van der Waals surface area contributed by atoms with Crippen molar-refractivity contribution in [2.45, 2.75) is 33.1 Å². The number of rotatable bonds is 5. The van der Waals surface area contributed by atoms with Gasteiger partial charge >= 0.3 is 12.2 Å². The molecule has 0 spiro atoms. The molecule has 12 heteroatoms. The Morgan fingerprint density at radius 1 is 1.29 bits per heavy atom. The third-order valence-electron chi connectivity index (χ3n) is 5.23. The summed E-state index contributed by atoms with van der Waals surface area (Å²) >= 11 is 0. The minimum Gasteiger partial charge on any atom is -0.529 e. The molecule has 1 N–H and O–H groups in total. The zero-order chi connectivity index (χ0) is 24.8. The van der Waals surface area contributed by atoms with E-state index in [0.717, 1.165) is 16.7 Å². The number of aliphatic hydroxyl groups excluding tert-OH is 1. The lowest BCUT2D eigenvalue weighted by atomic mass is 9.96. The van der Waals surface area contributed by atoms with E-state index in [0.29, 0.717) is 28.8 Å². The molecule has 3 heterocycles. The summed E-state index contributed by atoms with van der Waals surface area (Å²) in [5.74, 6) is 0.439. The summed E-state index contributed by atoms with van der Waals surface area (Å²) in [5, 5.41) is 26.9. The first-order valence-corrected chi connectivity index (χ1v) is 10.1. The highest BCUT2D eigenvalue weighted by atomic mass is 19.4. The van der Waals surface area contributed by atoms with Crippen LogP contribution in [-0.2, 0) is 6.18 Å². The van der Waals surface area contributed by atoms with Crippen molar-refractivity contribution in [3.05, 3.63) is 58.7 Å². The van der Waals surface area contributed by atoms with Gasteiger partial charge in [-0.25, -0.2) is 4.57 Å². The Morgan fingerprint density at radius 2 is 2.03 bits per heavy atom. The van der Waals surface area contributed by atoms with Gasteiger partial charge < -0.3 is 24.3 Å². The number of hydrogen-bond donors (Lipinski definition) is 1. The molecule has 9 nitrogen and oxygen atoms in total. The van der Waals surface area contributed by atoms with Crippen molar-refractivity contribution >= 4 is 17.1 Å². The van der Waals surface area contributed by atoms with E-state index in [1.807, 2.05) is 0 Å². The molecule has 1 aromatic carbocycles. The van der Waals surface area contributed by atoms with Gasteiger partial charge in [-0.1, -0.05) is 5.16 Å². The highest BCUT2D eigenvalue weighted by molar-refractivity contribution is 5.93. The number of aryl methyl sites for hydroxylation is 2. The van der Waals surface area contributed by atoms with Crippen molar-refractivity contribution in [1.29, 1.82) is 0 Å². The van der Waals surface area contributed by atoms with Crippen LogP contribution in [0.25, 0.3) is 22.2 Å². The number of aromatic nitrogens is 4. The fourth-order valence-corrected chi connectivity index (χ4v) is 3.73. The summed E-state index contributed by atoms with van der Waals surface area (Å²) in [4.78, 5) is 19.9. The maximum absolute atomic E-state index is 12.9. The molecule has 0 amide bonds. The molecule has 178 valence electrons. The Balaban J connectivity index is 1.97. The highest BCUT2D eigenvalue weighted by Crippen LogP contribution is 2.37. The predicted molar refractivity (Wildman–Crippen MR) is 110 cm³/mol. The van der Waals surface area contributed by atoms with Gasteiger partial charge in [0.1, 0.15) is 18.0 Å². The summed E-state index contributed by atoms with van der Waals surface area (Å²) in [6.07, 6.45) is -7.13. The number of hydrogen-bond acceptors (Lipinski definition) is 8. The zero-order valence-electron chi connectivity index (χ0n) is 18.2. The lowest BCUT2D eigenvalue weighted by molar-refractivity contribution is -0.250. The third-order valence-corrected chi connectivity index (χ3v) is 5.23. The van der Waals surface area contributed by atoms with E-state index in [1.165, 1.54) is 12.1 Å². The Kier molecular flexibility index (Phi) is 5.77. The van der Waals surface area contributed by atoms with Crippen molar-refractivity contribution in [2.75, 3.05) is 6.61 Å². The lowest BCUT2D eigenvalue weighted by Crippen LogP contribution is -2.29. The van der Waals surface area contributed by atoms with Crippen molar-refractivity contribution in [3.63, 3.8) is 0 Å². The van der Waals surface area contributed by atoms with Crippen LogP contribution in [0.1, 0.15) is 41.3 Å². The standard InChI is InChI=1S/C22H19F3N4O5/c1-4-33-20-27-18-14(19(30)15-6-5-13(9-26-15)22(23,24)25)7-12(8-16(18)29(20)21(31)32)17-10(2)28-34-11(17)3/h5-9,19,30H,4H2,1-3H3,(H,31,32)/p-1. The number of alkyl halides is 3. The second-order valence-electron chi connectivity index (χ2n) is 7.43. The van der Waals surface area contributed by atoms with Crippen LogP contribution < -0.4 is 9.84 Å². The number of carboxylic acid groups (broad SMARTS) is 1. The largest absolute Gasteiger partial charge is 0.529 e. The van der Waals surface area contributed by atoms with Gasteiger partial charge in [0, 0.05) is 17.3 Å². The van der Waals surface area contributed by atoms with Crippen molar-refractivity contribution in [1.82, 2.24) is 19.7 Å². The Bertz CT molecular complexity index is 1360. The van der Waals surface area contributed by atoms with Crippen molar-refractivity contribution < 1.29 is 37.4 Å². The van der Waals surface area contributed by atoms with Gasteiger partial charge in [-0.15, -0.1) is 0 Å². The Morgan fingerprint density at radius 3 is 2.56 bits per heavy atom. The number of carbonyl (C=O) groups excluding carboxylic acids is 1. The fraction of sp³-hybridized carbons (Fsp3) is 0.273. The predicted octanol–water partition coefficient (Wildman–Crippen LogP) is 3.39. The molecule has 0 bridgehead atoms. The molecule has 1 atom stereocenters. The van der Waals surface area contributed by atoms with Gasteiger partial charge in [-0.05, 0) is 50.6 Å². The van der Waals surface area contributed by atoms with E-state index in [-0.39, 0.29) is 34.9 Å². The molecular formula is C22H18F3N4O5-. The molecule has 0 aliphatic rings. The molecule has 0 aliphatic carbocycles. The first kappa shape index (κ1) is 23.2. The number of aliphatic hydroxyl groups is 1. The second-order valence-corrected chi connectivity index (χ2v) is 7.43. The second kappa shape index (κ2) is 8.45. The number of fused-ring (bicyclic) bond motifs is 1. The van der Waals surface area contributed by atoms with Crippen LogP contribution in [0, 0.1) is 13.8 Å². The summed E-state index contributed by atoms with van der Waals surface area (Å²) in [6.45, 7) is 5.09. The summed E-state index contributed by atoms with van der Waals surface area (Å²) in [7, 11) is 0. The average molecular weight is 475 g/mol. The summed E-state index contributed by atoms with van der Waals surface area (Å²) in [5.41, 5.74) is 0.633. The number of ether oxygens (including phenoxy) is 1. The van der Waals surface area contributed by atoms with E-state index in [1.54, 1.807) is 20.8 Å². The highest BCUT2D eigenvalue weighted by Gasteiger charge is 2.31. The van der Waals surface area contributed by atoms with Crippen LogP contribution in [0.3, 0.4) is 0 Å². The van der Waals surface area contributed by atoms with Crippen molar-refractivity contribution in [2.24, 2.45) is 0 Å². The van der Waals surface area contributed by atoms with Crippen LogP contribution in [0.2, 0.25) is 0 Å². The Hall–Kier alpha value is -3.93. The van der Waals surface area contributed by atoms with Crippen molar-refractivity contribution in [3.8, 4) is 17.1 Å². The normalized spacial score (nSPS) is 12.8. The van der Waals surface area contributed by atoms with Crippen LogP contribution >= 0.6 is 0 Å². The number of nitrogens with zero attached hydrogens (tertiary/aromatic N) is 4. The first-order valence-electron chi connectivity index (χ1n) is 10.1. The SMILES string of the molecule is CCOc1nc2c(C(O)c3ccc(C(F)(F)F)cn3)cc(-c3c(C)noc3C)cc2n1C(=O)[O-]. The van der Waals surface area contributed by atoms with Gasteiger partial charge in [0.15, 0.2) is 0 Å². The molecule has 0 saturated carbocycles. The fourth-order valence-electron chi connectivity index (χ4n) is 3.73. The average Bonchev–Trinajstić information content (AvgIpc) is 3.31. The number of halogens is 3. The number of carbonyl (C=O) groups is 1. The molecule has 0 radical (unpaired) electrons. The minimum atomic E-state index is -4.59. The van der Waals surface area contributed by atoms with Gasteiger partial charge in [-0.3, -0.25) is 4.98 Å². The van der Waals surface area contributed by atoms with Gasteiger partial charge in [0.05, 0.1) is 34.6 Å². The molecule has 1 unspecified atom stereocenters. The van der Waals surface area contributed by atoms with Gasteiger partial charge in [0.25, 0.3) is 0 Å². The van der Waals surface area contributed by atoms with E-state index < -0.39 is 23.9 Å². The molecule has 4 rings (SSSR count). The summed E-state index contributed by atoms with van der Waals surface area (Å²) in [6, 6.07) is 4.60. The van der Waals surface area contributed by atoms with E-state index in [2.05, 4.69) is 15.1 Å². The Labute approximate surface area is 190 Å². The molecule has 0 saturated heterocycles. The molecule has 0 fully saturated rings. The van der Waals surface area contributed by atoms with E-state index in [4.69, 9.17) is 9.26 Å². The minimum absolute atomic E-state index is 0.0434. The number of benzene rings is 1. The quantitative estimate of drug-likeness (QED) is 0.466. The zero-order valence-corrected chi connectivity index (χ0v) is 18.2. The molecule has 3 aromatic heterocycles. The van der Waals surface area contributed by atoms with Gasteiger partial charge in [-0.2, -0.15) is 18.2 Å².